The SMILES string of the molecule is COc1ccc2c(ccn2Cc2ncnn2C)c1. The van der Waals surface area contributed by atoms with Gasteiger partial charge >= 0.3 is 0 Å². The fourth-order valence-corrected chi connectivity index (χ4v) is 2.06. The van der Waals surface area contributed by atoms with Crippen LogP contribution >= 0.6 is 0 Å². The van der Waals surface area contributed by atoms with Crippen LogP contribution in [0.3, 0.4) is 0 Å². The molecule has 5 nitrogen and oxygen atoms in total. The molecule has 3 rings (SSSR count). The van der Waals surface area contributed by atoms with Gasteiger partial charge in [-0.1, -0.05) is 0 Å². The molecule has 0 atom stereocenters. The molecule has 0 bridgehead atoms. The molecule has 0 amide bonds. The Hall–Kier alpha value is -2.30. The van der Waals surface area contributed by atoms with Crippen molar-refractivity contribution in [1.82, 2.24) is 19.3 Å². The lowest BCUT2D eigenvalue weighted by atomic mass is 10.2. The highest BCUT2D eigenvalue weighted by Gasteiger charge is 2.06. The molecule has 3 aromatic rings. The zero-order valence-corrected chi connectivity index (χ0v) is 10.4. The van der Waals surface area contributed by atoms with Gasteiger partial charge in [0.2, 0.25) is 0 Å². The van der Waals surface area contributed by atoms with E-state index in [0.717, 1.165) is 17.0 Å². The van der Waals surface area contributed by atoms with E-state index in [1.807, 2.05) is 19.2 Å². The van der Waals surface area contributed by atoms with Crippen LogP contribution in [-0.4, -0.2) is 26.4 Å². The first kappa shape index (κ1) is 10.8. The minimum absolute atomic E-state index is 0.715. The first-order valence-electron chi connectivity index (χ1n) is 5.73. The standard InChI is InChI=1S/C13H14N4O/c1-16-13(14-9-15-16)8-17-6-5-10-7-11(18-2)3-4-12(10)17/h3-7,9H,8H2,1-2H3. The topological polar surface area (TPSA) is 44.9 Å². The molecule has 0 saturated heterocycles. The predicted octanol–water partition coefficient (Wildman–Crippen LogP) is 1.83. The predicted molar refractivity (Wildman–Crippen MR) is 68.6 cm³/mol. The normalized spacial score (nSPS) is 11.0. The van der Waals surface area contributed by atoms with E-state index in [2.05, 4.69) is 33.0 Å². The van der Waals surface area contributed by atoms with Crippen molar-refractivity contribution in [1.29, 1.82) is 0 Å². The quantitative estimate of drug-likeness (QED) is 0.703. The molecule has 0 saturated carbocycles. The van der Waals surface area contributed by atoms with E-state index in [1.54, 1.807) is 18.1 Å². The Labute approximate surface area is 105 Å². The lowest BCUT2D eigenvalue weighted by molar-refractivity contribution is 0.415. The highest BCUT2D eigenvalue weighted by molar-refractivity contribution is 5.81. The van der Waals surface area contributed by atoms with Crippen LogP contribution in [0.5, 0.6) is 5.75 Å². The summed E-state index contributed by atoms with van der Waals surface area (Å²) < 4.78 is 9.16. The van der Waals surface area contributed by atoms with Gasteiger partial charge in [0, 0.05) is 24.1 Å². The summed E-state index contributed by atoms with van der Waals surface area (Å²) >= 11 is 0. The number of rotatable bonds is 3. The van der Waals surface area contributed by atoms with Gasteiger partial charge in [-0.3, -0.25) is 4.68 Å². The van der Waals surface area contributed by atoms with Crippen LogP contribution < -0.4 is 4.74 Å². The Morgan fingerprint density at radius 3 is 2.89 bits per heavy atom. The third-order valence-electron chi connectivity index (χ3n) is 3.10. The molecule has 0 aliphatic heterocycles. The second kappa shape index (κ2) is 4.18. The smallest absolute Gasteiger partial charge is 0.146 e. The van der Waals surface area contributed by atoms with Gasteiger partial charge in [0.05, 0.1) is 13.7 Å². The number of hydrogen-bond acceptors (Lipinski definition) is 3. The van der Waals surface area contributed by atoms with Gasteiger partial charge in [0.15, 0.2) is 0 Å². The van der Waals surface area contributed by atoms with E-state index in [0.29, 0.717) is 6.54 Å². The highest BCUT2D eigenvalue weighted by Crippen LogP contribution is 2.22. The summed E-state index contributed by atoms with van der Waals surface area (Å²) in [6.45, 7) is 0.715. The molecule has 2 heterocycles. The zero-order chi connectivity index (χ0) is 12.5. The van der Waals surface area contributed by atoms with E-state index in [-0.39, 0.29) is 0 Å². The largest absolute Gasteiger partial charge is 0.497 e. The minimum atomic E-state index is 0.715. The number of fused-ring (bicyclic) bond motifs is 1. The Morgan fingerprint density at radius 1 is 1.28 bits per heavy atom. The Kier molecular flexibility index (Phi) is 2.51. The summed E-state index contributed by atoms with van der Waals surface area (Å²) in [6.07, 6.45) is 3.63. The van der Waals surface area contributed by atoms with E-state index in [1.165, 1.54) is 5.52 Å². The van der Waals surface area contributed by atoms with Crippen molar-refractivity contribution in [2.45, 2.75) is 6.54 Å². The fraction of sp³-hybridized carbons (Fsp3) is 0.231. The maximum absolute atomic E-state index is 5.22. The van der Waals surface area contributed by atoms with Crippen LogP contribution in [0.25, 0.3) is 10.9 Å². The van der Waals surface area contributed by atoms with Crippen LogP contribution in [0.1, 0.15) is 5.82 Å². The average Bonchev–Trinajstić information content (AvgIpc) is 2.97. The number of methoxy groups -OCH3 is 1. The molecule has 0 unspecified atom stereocenters. The Bertz CT molecular complexity index is 683. The van der Waals surface area contributed by atoms with Crippen molar-refractivity contribution in [2.24, 2.45) is 7.05 Å². The van der Waals surface area contributed by atoms with Gasteiger partial charge in [-0.05, 0) is 24.3 Å². The summed E-state index contributed by atoms with van der Waals surface area (Å²) in [5.41, 5.74) is 1.17. The molecular formula is C13H14N4O. The van der Waals surface area contributed by atoms with Gasteiger partial charge in [-0.2, -0.15) is 5.10 Å². The van der Waals surface area contributed by atoms with Crippen LogP contribution in [0.15, 0.2) is 36.8 Å². The molecule has 0 spiro atoms. The fourth-order valence-electron chi connectivity index (χ4n) is 2.06. The number of nitrogens with zero attached hydrogens (tertiary/aromatic N) is 4. The van der Waals surface area contributed by atoms with Crippen LogP contribution in [0.2, 0.25) is 0 Å². The summed E-state index contributed by atoms with van der Waals surface area (Å²) in [5.74, 6) is 1.81. The molecule has 0 aliphatic rings. The lowest BCUT2D eigenvalue weighted by Crippen LogP contribution is -2.05. The van der Waals surface area contributed by atoms with E-state index >= 15 is 0 Å². The third-order valence-corrected chi connectivity index (χ3v) is 3.10. The molecule has 0 aliphatic carbocycles. The lowest BCUT2D eigenvalue weighted by Gasteiger charge is -2.05. The van der Waals surface area contributed by atoms with Crippen molar-refractivity contribution in [3.63, 3.8) is 0 Å². The van der Waals surface area contributed by atoms with Gasteiger partial charge in [-0.15, -0.1) is 0 Å². The first-order chi connectivity index (χ1) is 8.78. The molecule has 1 aromatic carbocycles. The van der Waals surface area contributed by atoms with E-state index in [9.17, 15) is 0 Å². The number of aromatic nitrogens is 4. The average molecular weight is 242 g/mol. The van der Waals surface area contributed by atoms with Crippen LogP contribution in [0.4, 0.5) is 0 Å². The molecule has 5 heteroatoms. The third kappa shape index (κ3) is 1.73. The van der Waals surface area contributed by atoms with E-state index in [4.69, 9.17) is 4.74 Å². The van der Waals surface area contributed by atoms with Crippen molar-refractivity contribution >= 4 is 10.9 Å². The second-order valence-electron chi connectivity index (χ2n) is 4.17. The summed E-state index contributed by atoms with van der Waals surface area (Å²) in [4.78, 5) is 4.24. The van der Waals surface area contributed by atoms with Gasteiger partial charge in [0.1, 0.15) is 17.9 Å². The number of aryl methyl sites for hydroxylation is 1. The molecule has 92 valence electrons. The maximum atomic E-state index is 5.22. The van der Waals surface area contributed by atoms with Crippen molar-refractivity contribution in [3.05, 3.63) is 42.6 Å². The van der Waals surface area contributed by atoms with Crippen molar-refractivity contribution in [3.8, 4) is 5.75 Å². The molecule has 18 heavy (non-hydrogen) atoms. The number of benzene rings is 1. The molecular weight excluding hydrogens is 228 g/mol. The summed E-state index contributed by atoms with van der Waals surface area (Å²) in [7, 11) is 3.58. The Balaban J connectivity index is 2.00. The summed E-state index contributed by atoms with van der Waals surface area (Å²) in [5, 5.41) is 5.24. The number of hydrogen-bond donors (Lipinski definition) is 0. The van der Waals surface area contributed by atoms with Crippen LogP contribution in [-0.2, 0) is 13.6 Å². The van der Waals surface area contributed by atoms with Crippen molar-refractivity contribution in [2.75, 3.05) is 7.11 Å². The van der Waals surface area contributed by atoms with E-state index < -0.39 is 0 Å². The molecule has 0 fully saturated rings. The van der Waals surface area contributed by atoms with Gasteiger partial charge in [-0.25, -0.2) is 4.98 Å². The van der Waals surface area contributed by atoms with Crippen molar-refractivity contribution < 1.29 is 4.74 Å². The summed E-state index contributed by atoms with van der Waals surface area (Å²) in [6, 6.07) is 8.14. The van der Waals surface area contributed by atoms with Crippen LogP contribution in [0, 0.1) is 0 Å². The molecule has 2 aromatic heterocycles. The Morgan fingerprint density at radius 2 is 2.17 bits per heavy atom. The maximum Gasteiger partial charge on any atom is 0.146 e. The second-order valence-corrected chi connectivity index (χ2v) is 4.17. The zero-order valence-electron chi connectivity index (χ0n) is 10.4. The van der Waals surface area contributed by atoms with Gasteiger partial charge < -0.3 is 9.30 Å². The molecule has 0 radical (unpaired) electrons. The number of ether oxygens (including phenoxy) is 1. The molecule has 0 N–H and O–H groups in total. The monoisotopic (exact) mass is 242 g/mol. The minimum Gasteiger partial charge on any atom is -0.497 e. The van der Waals surface area contributed by atoms with Gasteiger partial charge in [0.25, 0.3) is 0 Å². The first-order valence-corrected chi connectivity index (χ1v) is 5.73. The highest BCUT2D eigenvalue weighted by atomic mass is 16.5.